The molecule has 0 fully saturated rings. The van der Waals surface area contributed by atoms with Crippen LogP contribution in [0, 0.1) is 0 Å². The average molecular weight is 558 g/mol. The van der Waals surface area contributed by atoms with Gasteiger partial charge in [-0.1, -0.05) is 18.2 Å². The van der Waals surface area contributed by atoms with Crippen LogP contribution in [0.4, 0.5) is 37.7 Å². The van der Waals surface area contributed by atoms with Crippen molar-refractivity contribution in [3.8, 4) is 11.5 Å². The molecule has 14 heteroatoms. The Labute approximate surface area is 216 Å². The molecule has 0 spiro atoms. The molecule has 3 heterocycles. The van der Waals surface area contributed by atoms with Crippen LogP contribution in [0.5, 0.6) is 11.5 Å². The Morgan fingerprint density at radius 3 is 2.31 bits per heavy atom. The number of halogens is 6. The number of carbonyl (C=O) groups is 2. The summed E-state index contributed by atoms with van der Waals surface area (Å²) < 4.78 is 81.0. The molecular weight excluding hydrogens is 538 g/mol. The molecule has 0 saturated heterocycles. The number of aliphatic carboxylic acids is 1. The van der Waals surface area contributed by atoms with Crippen LogP contribution in [-0.4, -0.2) is 48.5 Å². The molecular formula is C25H20F6N2O6. The van der Waals surface area contributed by atoms with Crippen LogP contribution >= 0.6 is 0 Å². The summed E-state index contributed by atoms with van der Waals surface area (Å²) in [5, 5.41) is 17.8. The van der Waals surface area contributed by atoms with Crippen LogP contribution in [0.25, 0.3) is 0 Å². The van der Waals surface area contributed by atoms with Crippen LogP contribution in [-0.2, 0) is 22.3 Å². The number of ether oxygens (including phenoxy) is 1. The predicted octanol–water partition coefficient (Wildman–Crippen LogP) is 5.14. The molecule has 0 saturated carbocycles. The first kappa shape index (κ1) is 27.7. The van der Waals surface area contributed by atoms with Gasteiger partial charge in [-0.2, -0.15) is 26.3 Å². The quantitative estimate of drug-likeness (QED) is 0.429. The van der Waals surface area contributed by atoms with E-state index in [4.69, 9.17) is 19.1 Å². The van der Waals surface area contributed by atoms with Crippen LogP contribution < -0.4 is 14.5 Å². The number of carboxylic acids is 1. The van der Waals surface area contributed by atoms with Crippen LogP contribution in [0.2, 0.25) is 0 Å². The lowest BCUT2D eigenvalue weighted by molar-refractivity contribution is -0.192. The van der Waals surface area contributed by atoms with E-state index in [0.29, 0.717) is 35.7 Å². The van der Waals surface area contributed by atoms with Crippen molar-refractivity contribution in [3.05, 3.63) is 71.2 Å². The standard InChI is InChI=1S/C23H19F3N2O4.C2HF3O2/c1-27-8-9-31-19-11-18(29)15(10-17(19)27)21-14-4-2-3-5-16(14)28(22(21)30)12-13-6-7-20(32-13)23(24,25)26;3-2(4,5)1(6)7/h2-7,10-11,21,29H,8-9,12H2,1H3;(H,6,7). The highest BCUT2D eigenvalue weighted by molar-refractivity contribution is 6.07. The summed E-state index contributed by atoms with van der Waals surface area (Å²) in [5.74, 6) is -4.55. The second-order valence-corrected chi connectivity index (χ2v) is 8.63. The SMILES string of the molecule is CN1CCOc2cc(O)c(C3C(=O)N(Cc4ccc(C(F)(F)F)o4)c4ccccc43)cc21.O=C(O)C(F)(F)F. The fraction of sp³-hybridized carbons (Fsp3) is 0.280. The molecule has 3 aromatic rings. The summed E-state index contributed by atoms with van der Waals surface area (Å²) in [6.07, 6.45) is -9.68. The molecule has 2 aromatic carbocycles. The van der Waals surface area contributed by atoms with Crippen LogP contribution in [0.3, 0.4) is 0 Å². The smallest absolute Gasteiger partial charge is 0.490 e. The molecule has 1 unspecified atom stereocenters. The first-order valence-electron chi connectivity index (χ1n) is 11.3. The van der Waals surface area contributed by atoms with Crippen molar-refractivity contribution < 1.29 is 55.3 Å². The number of phenols is 1. The first-order chi connectivity index (χ1) is 18.2. The van der Waals surface area contributed by atoms with Gasteiger partial charge in [0.05, 0.1) is 24.7 Å². The molecule has 1 atom stereocenters. The number of para-hydroxylation sites is 1. The molecule has 2 N–H and O–H groups in total. The zero-order chi connectivity index (χ0) is 28.7. The lowest BCUT2D eigenvalue weighted by Crippen LogP contribution is -2.30. The molecule has 1 aromatic heterocycles. The fourth-order valence-corrected chi connectivity index (χ4v) is 4.25. The molecule has 0 aliphatic carbocycles. The van der Waals surface area contributed by atoms with Gasteiger partial charge in [-0.3, -0.25) is 4.79 Å². The summed E-state index contributed by atoms with van der Waals surface area (Å²) in [6, 6.07) is 12.3. The van der Waals surface area contributed by atoms with Crippen molar-refractivity contribution >= 4 is 23.3 Å². The Kier molecular flexibility index (Phi) is 7.15. The Balaban J connectivity index is 0.000000448. The van der Waals surface area contributed by atoms with Crippen LogP contribution in [0.1, 0.15) is 28.6 Å². The Bertz CT molecular complexity index is 1400. The number of benzene rings is 2. The van der Waals surface area contributed by atoms with E-state index in [-0.39, 0.29) is 24.0 Å². The third kappa shape index (κ3) is 5.59. The number of anilines is 2. The van der Waals surface area contributed by atoms with E-state index in [2.05, 4.69) is 0 Å². The van der Waals surface area contributed by atoms with Gasteiger partial charge in [0.2, 0.25) is 11.7 Å². The normalized spacial score (nSPS) is 16.7. The lowest BCUT2D eigenvalue weighted by Gasteiger charge is -2.29. The predicted molar refractivity (Wildman–Crippen MR) is 124 cm³/mol. The van der Waals surface area contributed by atoms with Gasteiger partial charge in [-0.25, -0.2) is 4.79 Å². The van der Waals surface area contributed by atoms with E-state index < -0.39 is 30.0 Å². The third-order valence-electron chi connectivity index (χ3n) is 6.06. The Morgan fingerprint density at radius 1 is 1.03 bits per heavy atom. The van der Waals surface area contributed by atoms with Crippen molar-refractivity contribution in [2.45, 2.75) is 24.8 Å². The summed E-state index contributed by atoms with van der Waals surface area (Å²) in [7, 11) is 1.90. The van der Waals surface area contributed by atoms with Gasteiger partial charge in [-0.15, -0.1) is 0 Å². The highest BCUT2D eigenvalue weighted by Crippen LogP contribution is 2.47. The minimum atomic E-state index is -5.08. The highest BCUT2D eigenvalue weighted by Gasteiger charge is 2.41. The Morgan fingerprint density at radius 2 is 1.69 bits per heavy atom. The van der Waals surface area contributed by atoms with Crippen molar-refractivity contribution in [3.63, 3.8) is 0 Å². The maximum atomic E-state index is 13.5. The second-order valence-electron chi connectivity index (χ2n) is 8.63. The number of likely N-dealkylation sites (N-methyl/N-ethyl adjacent to an activating group) is 1. The number of phenolic OH excluding ortho intramolecular Hbond substituents is 1. The molecule has 2 aliphatic rings. The summed E-state index contributed by atoms with van der Waals surface area (Å²) >= 11 is 0. The zero-order valence-corrected chi connectivity index (χ0v) is 20.0. The molecule has 1 amide bonds. The van der Waals surface area contributed by atoms with Gasteiger partial charge in [-0.05, 0) is 29.8 Å². The van der Waals surface area contributed by atoms with E-state index in [9.17, 15) is 36.2 Å². The summed E-state index contributed by atoms with van der Waals surface area (Å²) in [5.41, 5.74) is 2.40. The topological polar surface area (TPSA) is 103 Å². The number of rotatable bonds is 3. The number of furan rings is 1. The molecule has 208 valence electrons. The second kappa shape index (κ2) is 10.1. The maximum absolute atomic E-state index is 13.5. The molecule has 5 rings (SSSR count). The number of amides is 1. The number of hydrogen-bond acceptors (Lipinski definition) is 6. The highest BCUT2D eigenvalue weighted by atomic mass is 19.4. The van der Waals surface area contributed by atoms with E-state index in [1.54, 1.807) is 30.3 Å². The lowest BCUT2D eigenvalue weighted by atomic mass is 9.91. The number of hydrogen-bond donors (Lipinski definition) is 2. The molecule has 0 bridgehead atoms. The number of nitrogens with zero attached hydrogens (tertiary/aromatic N) is 2. The maximum Gasteiger partial charge on any atom is 0.490 e. The van der Waals surface area contributed by atoms with E-state index in [0.717, 1.165) is 11.8 Å². The summed E-state index contributed by atoms with van der Waals surface area (Å²) in [4.78, 5) is 25.7. The van der Waals surface area contributed by atoms with Gasteiger partial charge in [0.1, 0.15) is 23.9 Å². The molecule has 0 radical (unpaired) electrons. The number of fused-ring (bicyclic) bond motifs is 2. The van der Waals surface area contributed by atoms with Gasteiger partial charge < -0.3 is 29.2 Å². The van der Waals surface area contributed by atoms with Gasteiger partial charge in [0.25, 0.3) is 0 Å². The van der Waals surface area contributed by atoms with Gasteiger partial charge >= 0.3 is 18.3 Å². The number of carboxylic acid groups (broad SMARTS) is 1. The van der Waals surface area contributed by atoms with Crippen molar-refractivity contribution in [1.29, 1.82) is 0 Å². The summed E-state index contributed by atoms with van der Waals surface area (Å²) in [6.45, 7) is 1.00. The molecule has 2 aliphatic heterocycles. The van der Waals surface area contributed by atoms with Crippen molar-refractivity contribution in [1.82, 2.24) is 0 Å². The molecule has 39 heavy (non-hydrogen) atoms. The van der Waals surface area contributed by atoms with Crippen molar-refractivity contribution in [2.75, 3.05) is 30.0 Å². The van der Waals surface area contributed by atoms with Crippen LogP contribution in [0.15, 0.2) is 52.9 Å². The minimum Gasteiger partial charge on any atom is -0.507 e. The zero-order valence-electron chi connectivity index (χ0n) is 20.0. The third-order valence-corrected chi connectivity index (χ3v) is 6.06. The molecule has 8 nitrogen and oxygen atoms in total. The van der Waals surface area contributed by atoms with Gasteiger partial charge in [0.15, 0.2) is 0 Å². The minimum absolute atomic E-state index is 0.0175. The van der Waals surface area contributed by atoms with E-state index >= 15 is 0 Å². The number of carbonyl (C=O) groups excluding carboxylic acids is 1. The van der Waals surface area contributed by atoms with E-state index in [1.165, 1.54) is 17.0 Å². The largest absolute Gasteiger partial charge is 0.507 e. The van der Waals surface area contributed by atoms with E-state index in [1.807, 2.05) is 11.9 Å². The number of aromatic hydroxyl groups is 1. The van der Waals surface area contributed by atoms with Crippen molar-refractivity contribution in [2.24, 2.45) is 0 Å². The fourth-order valence-electron chi connectivity index (χ4n) is 4.25. The first-order valence-corrected chi connectivity index (χ1v) is 11.3. The Hall–Kier alpha value is -4.36. The monoisotopic (exact) mass is 558 g/mol. The average Bonchev–Trinajstić information content (AvgIpc) is 3.43. The van der Waals surface area contributed by atoms with Gasteiger partial charge in [0, 0.05) is 24.4 Å². The number of alkyl halides is 6.